The summed E-state index contributed by atoms with van der Waals surface area (Å²) in [6.07, 6.45) is 4.62. The molecule has 1 aliphatic rings. The number of carboxylic acids is 1. The average molecular weight is 256 g/mol. The third-order valence-corrected chi connectivity index (χ3v) is 4.45. The lowest BCUT2D eigenvalue weighted by Crippen LogP contribution is -2.51. The molecule has 0 aromatic rings. The summed E-state index contributed by atoms with van der Waals surface area (Å²) in [5.74, 6) is 0.00430. The van der Waals surface area contributed by atoms with E-state index < -0.39 is 11.5 Å². The molecular formula is C14H28N2O2. The van der Waals surface area contributed by atoms with Gasteiger partial charge in [-0.25, -0.2) is 0 Å². The molecule has 1 saturated carbocycles. The van der Waals surface area contributed by atoms with Crippen molar-refractivity contribution in [2.24, 2.45) is 17.6 Å². The van der Waals surface area contributed by atoms with Gasteiger partial charge in [0, 0.05) is 6.54 Å². The largest absolute Gasteiger partial charge is 0.480 e. The van der Waals surface area contributed by atoms with Gasteiger partial charge in [-0.15, -0.1) is 0 Å². The van der Waals surface area contributed by atoms with Gasteiger partial charge in [-0.2, -0.15) is 0 Å². The summed E-state index contributed by atoms with van der Waals surface area (Å²) in [4.78, 5) is 13.6. The van der Waals surface area contributed by atoms with E-state index in [1.807, 2.05) is 0 Å². The van der Waals surface area contributed by atoms with Gasteiger partial charge >= 0.3 is 5.97 Å². The Kier molecular flexibility index (Phi) is 5.60. The molecule has 18 heavy (non-hydrogen) atoms. The summed E-state index contributed by atoms with van der Waals surface area (Å²) in [5, 5.41) is 9.25. The van der Waals surface area contributed by atoms with Crippen molar-refractivity contribution in [2.45, 2.75) is 51.5 Å². The minimum absolute atomic E-state index is 0.134. The van der Waals surface area contributed by atoms with Crippen LogP contribution in [0.25, 0.3) is 0 Å². The number of hydrogen-bond donors (Lipinski definition) is 2. The number of carbonyl (C=O) groups is 1. The molecule has 3 N–H and O–H groups in total. The lowest BCUT2D eigenvalue weighted by atomic mass is 9.85. The predicted molar refractivity (Wildman–Crippen MR) is 73.5 cm³/mol. The van der Waals surface area contributed by atoms with Gasteiger partial charge in [0.05, 0.1) is 0 Å². The van der Waals surface area contributed by atoms with E-state index in [2.05, 4.69) is 25.8 Å². The van der Waals surface area contributed by atoms with E-state index in [1.165, 1.54) is 6.42 Å². The van der Waals surface area contributed by atoms with Gasteiger partial charge in [0.2, 0.25) is 0 Å². The molecule has 3 atom stereocenters. The lowest BCUT2D eigenvalue weighted by molar-refractivity contribution is -0.144. The summed E-state index contributed by atoms with van der Waals surface area (Å²) in [6, 6.07) is 0. The Morgan fingerprint density at radius 3 is 2.83 bits per heavy atom. The van der Waals surface area contributed by atoms with Crippen molar-refractivity contribution in [3.05, 3.63) is 0 Å². The van der Waals surface area contributed by atoms with Crippen molar-refractivity contribution >= 4 is 5.97 Å². The minimum Gasteiger partial charge on any atom is -0.480 e. The van der Waals surface area contributed by atoms with Crippen molar-refractivity contribution in [1.82, 2.24) is 4.90 Å². The molecule has 3 unspecified atom stereocenters. The zero-order chi connectivity index (χ0) is 13.8. The number of aliphatic carboxylic acids is 1. The minimum atomic E-state index is -0.975. The van der Waals surface area contributed by atoms with Gasteiger partial charge < -0.3 is 15.7 Å². The molecule has 4 heteroatoms. The highest BCUT2D eigenvalue weighted by Crippen LogP contribution is 2.36. The molecule has 106 valence electrons. The van der Waals surface area contributed by atoms with Gasteiger partial charge in [-0.05, 0) is 44.7 Å². The molecule has 1 fully saturated rings. The van der Waals surface area contributed by atoms with Crippen LogP contribution in [-0.2, 0) is 4.79 Å². The Labute approximate surface area is 111 Å². The van der Waals surface area contributed by atoms with Crippen LogP contribution < -0.4 is 5.73 Å². The molecule has 0 amide bonds. The summed E-state index contributed by atoms with van der Waals surface area (Å²) < 4.78 is 0. The quantitative estimate of drug-likeness (QED) is 0.730. The number of rotatable bonds is 7. The van der Waals surface area contributed by atoms with Crippen LogP contribution in [0.15, 0.2) is 0 Å². The number of nitrogens with two attached hydrogens (primary N) is 1. The second kappa shape index (κ2) is 6.53. The van der Waals surface area contributed by atoms with E-state index in [0.29, 0.717) is 12.3 Å². The normalized spacial score (nSPS) is 29.7. The van der Waals surface area contributed by atoms with Crippen LogP contribution in [0.2, 0.25) is 0 Å². The fraction of sp³-hybridized carbons (Fsp3) is 0.929. The molecule has 1 aliphatic carbocycles. The molecule has 0 aliphatic heterocycles. The fourth-order valence-electron chi connectivity index (χ4n) is 2.91. The van der Waals surface area contributed by atoms with Gasteiger partial charge in [0.25, 0.3) is 0 Å². The lowest BCUT2D eigenvalue weighted by Gasteiger charge is -2.29. The van der Waals surface area contributed by atoms with Crippen LogP contribution in [0.5, 0.6) is 0 Å². The second-order valence-electron chi connectivity index (χ2n) is 6.00. The zero-order valence-electron chi connectivity index (χ0n) is 12.0. The summed E-state index contributed by atoms with van der Waals surface area (Å²) in [7, 11) is 2.11. The van der Waals surface area contributed by atoms with Crippen molar-refractivity contribution in [3.8, 4) is 0 Å². The summed E-state index contributed by atoms with van der Waals surface area (Å²) >= 11 is 0. The van der Waals surface area contributed by atoms with Crippen LogP contribution in [0.3, 0.4) is 0 Å². The summed E-state index contributed by atoms with van der Waals surface area (Å²) in [5.41, 5.74) is 5.07. The highest BCUT2D eigenvalue weighted by Gasteiger charge is 2.45. The topological polar surface area (TPSA) is 66.6 Å². The van der Waals surface area contributed by atoms with Gasteiger partial charge in [-0.3, -0.25) is 4.79 Å². The zero-order valence-corrected chi connectivity index (χ0v) is 12.0. The summed E-state index contributed by atoms with van der Waals surface area (Å²) in [6.45, 7) is 6.47. The van der Waals surface area contributed by atoms with Crippen molar-refractivity contribution in [2.75, 3.05) is 20.1 Å². The van der Waals surface area contributed by atoms with E-state index in [9.17, 15) is 9.90 Å². The Balaban J connectivity index is 2.41. The Hall–Kier alpha value is -0.610. The first-order valence-electron chi connectivity index (χ1n) is 7.11. The first-order chi connectivity index (χ1) is 8.40. The predicted octanol–water partition coefficient (Wildman–Crippen LogP) is 1.94. The van der Waals surface area contributed by atoms with E-state index in [1.54, 1.807) is 0 Å². The van der Waals surface area contributed by atoms with Crippen LogP contribution in [0.1, 0.15) is 46.0 Å². The number of nitrogens with zero attached hydrogens (tertiary/aromatic N) is 1. The monoisotopic (exact) mass is 256 g/mol. The molecule has 0 heterocycles. The molecule has 0 radical (unpaired) electrons. The third kappa shape index (κ3) is 3.69. The molecule has 1 rings (SSSR count). The van der Waals surface area contributed by atoms with Gasteiger partial charge in [0.15, 0.2) is 0 Å². The first kappa shape index (κ1) is 15.4. The maximum absolute atomic E-state index is 11.3. The third-order valence-electron chi connectivity index (χ3n) is 4.45. The SMILES string of the molecule is CCC(C)CN(C)CCC1CCCC1(N)C(=O)O. The van der Waals surface area contributed by atoms with Crippen molar-refractivity contribution in [3.63, 3.8) is 0 Å². The van der Waals surface area contributed by atoms with Crippen LogP contribution in [-0.4, -0.2) is 41.7 Å². The van der Waals surface area contributed by atoms with E-state index in [0.717, 1.165) is 32.4 Å². The van der Waals surface area contributed by atoms with Crippen LogP contribution in [0, 0.1) is 11.8 Å². The van der Waals surface area contributed by atoms with E-state index in [-0.39, 0.29) is 5.92 Å². The Bertz CT molecular complexity index is 283. The Morgan fingerprint density at radius 2 is 2.28 bits per heavy atom. The van der Waals surface area contributed by atoms with Crippen LogP contribution in [0.4, 0.5) is 0 Å². The van der Waals surface area contributed by atoms with Gasteiger partial charge in [0.1, 0.15) is 5.54 Å². The average Bonchev–Trinajstić information content (AvgIpc) is 2.69. The molecule has 0 aromatic heterocycles. The first-order valence-corrected chi connectivity index (χ1v) is 7.11. The molecule has 4 nitrogen and oxygen atoms in total. The smallest absolute Gasteiger partial charge is 0.323 e. The fourth-order valence-corrected chi connectivity index (χ4v) is 2.91. The van der Waals surface area contributed by atoms with E-state index >= 15 is 0 Å². The van der Waals surface area contributed by atoms with Crippen LogP contribution >= 0.6 is 0 Å². The van der Waals surface area contributed by atoms with Crippen molar-refractivity contribution in [1.29, 1.82) is 0 Å². The molecule has 0 aromatic carbocycles. The molecular weight excluding hydrogens is 228 g/mol. The second-order valence-corrected chi connectivity index (χ2v) is 6.00. The highest BCUT2D eigenvalue weighted by atomic mass is 16.4. The molecule has 0 saturated heterocycles. The number of hydrogen-bond acceptors (Lipinski definition) is 3. The van der Waals surface area contributed by atoms with Crippen molar-refractivity contribution < 1.29 is 9.90 Å². The standard InChI is InChI=1S/C14H28N2O2/c1-4-11(2)10-16(3)9-7-12-6-5-8-14(12,15)13(17)18/h11-12H,4-10,15H2,1-3H3,(H,17,18). The highest BCUT2D eigenvalue weighted by molar-refractivity contribution is 5.79. The maximum Gasteiger partial charge on any atom is 0.323 e. The molecule has 0 bridgehead atoms. The van der Waals surface area contributed by atoms with Gasteiger partial charge in [-0.1, -0.05) is 26.7 Å². The molecule has 0 spiro atoms. The van der Waals surface area contributed by atoms with E-state index in [4.69, 9.17) is 5.73 Å². The number of carboxylic acid groups (broad SMARTS) is 1. The maximum atomic E-state index is 11.3. The Morgan fingerprint density at radius 1 is 1.61 bits per heavy atom.